The van der Waals surface area contributed by atoms with Gasteiger partial charge in [-0.1, -0.05) is 0 Å². The summed E-state index contributed by atoms with van der Waals surface area (Å²) in [5.74, 6) is 2.46. The third kappa shape index (κ3) is 6.87. The van der Waals surface area contributed by atoms with Gasteiger partial charge >= 0.3 is 0 Å². The van der Waals surface area contributed by atoms with E-state index >= 15 is 0 Å². The minimum atomic E-state index is -0.359. The monoisotopic (exact) mass is 585 g/mol. The van der Waals surface area contributed by atoms with Crippen molar-refractivity contribution in [3.05, 3.63) is 59.2 Å². The van der Waals surface area contributed by atoms with Gasteiger partial charge in [0.15, 0.2) is 17.4 Å². The van der Waals surface area contributed by atoms with Gasteiger partial charge in [0.05, 0.1) is 11.4 Å². The van der Waals surface area contributed by atoms with Crippen molar-refractivity contribution >= 4 is 34.8 Å². The number of anilines is 3. The van der Waals surface area contributed by atoms with E-state index in [0.29, 0.717) is 48.9 Å². The van der Waals surface area contributed by atoms with Crippen molar-refractivity contribution in [2.75, 3.05) is 54.4 Å². The molecule has 0 radical (unpaired) electrons. The van der Waals surface area contributed by atoms with E-state index in [-0.39, 0.29) is 23.3 Å². The van der Waals surface area contributed by atoms with Crippen LogP contribution in [0.2, 0.25) is 0 Å². The molecule has 1 aromatic carbocycles. The van der Waals surface area contributed by atoms with Crippen molar-refractivity contribution in [2.24, 2.45) is 0 Å². The van der Waals surface area contributed by atoms with Crippen LogP contribution in [0.3, 0.4) is 0 Å². The number of likely N-dealkylation sites (tertiary alicyclic amines) is 1. The number of piperazine rings is 1. The first kappa shape index (κ1) is 28.8. The van der Waals surface area contributed by atoms with Crippen molar-refractivity contribution in [1.29, 1.82) is 0 Å². The summed E-state index contributed by atoms with van der Waals surface area (Å²) >= 11 is 0. The molecule has 2 amide bonds. The molecule has 3 fully saturated rings. The molecule has 43 heavy (non-hydrogen) atoms. The van der Waals surface area contributed by atoms with Crippen LogP contribution in [0.1, 0.15) is 89.1 Å². The number of aryl methyl sites for hydroxylation is 2. The fourth-order valence-electron chi connectivity index (χ4n) is 5.89. The van der Waals surface area contributed by atoms with Gasteiger partial charge in [0.25, 0.3) is 5.91 Å². The summed E-state index contributed by atoms with van der Waals surface area (Å²) in [4.78, 5) is 58.1. The molecule has 3 aliphatic rings. The highest BCUT2D eigenvalue weighted by atomic mass is 16.3. The van der Waals surface area contributed by atoms with Crippen molar-refractivity contribution in [1.82, 2.24) is 19.9 Å². The summed E-state index contributed by atoms with van der Waals surface area (Å²) in [6.07, 6.45) is 6.92. The SMILES string of the molecule is Cc1cc(N2CCN(c3ccc(C(=O)CCCCN4CCCC4=O)cc3NC(=O)c3coc(C4CC4)n3)CC2)nc(C)n1. The Labute approximate surface area is 251 Å². The van der Waals surface area contributed by atoms with Crippen LogP contribution in [-0.2, 0) is 4.79 Å². The maximum Gasteiger partial charge on any atom is 0.277 e. The molecule has 11 heteroatoms. The van der Waals surface area contributed by atoms with Gasteiger partial charge in [0.2, 0.25) is 5.91 Å². The molecule has 0 atom stereocenters. The second kappa shape index (κ2) is 12.5. The zero-order valence-corrected chi connectivity index (χ0v) is 25.0. The van der Waals surface area contributed by atoms with Crippen molar-refractivity contribution < 1.29 is 18.8 Å². The zero-order chi connectivity index (χ0) is 29.9. The maximum absolute atomic E-state index is 13.3. The molecule has 3 aromatic rings. The van der Waals surface area contributed by atoms with Crippen LogP contribution in [0.15, 0.2) is 34.9 Å². The van der Waals surface area contributed by atoms with Crippen LogP contribution in [0.4, 0.5) is 17.2 Å². The molecule has 4 heterocycles. The molecule has 2 aliphatic heterocycles. The van der Waals surface area contributed by atoms with E-state index in [1.165, 1.54) is 6.26 Å². The van der Waals surface area contributed by atoms with Crippen molar-refractivity contribution in [3.63, 3.8) is 0 Å². The van der Waals surface area contributed by atoms with Gasteiger partial charge in [0, 0.05) is 75.4 Å². The lowest BCUT2D eigenvalue weighted by molar-refractivity contribution is -0.127. The molecule has 11 nitrogen and oxygen atoms in total. The Bertz CT molecular complexity index is 1490. The second-order valence-corrected chi connectivity index (χ2v) is 11.8. The van der Waals surface area contributed by atoms with Gasteiger partial charge in [-0.15, -0.1) is 0 Å². The Hall–Kier alpha value is -4.28. The highest BCUT2D eigenvalue weighted by Gasteiger charge is 2.30. The van der Waals surface area contributed by atoms with E-state index < -0.39 is 0 Å². The second-order valence-electron chi connectivity index (χ2n) is 11.8. The number of Topliss-reactive ketones (excluding diaryl/α,β-unsaturated/α-hetero) is 1. The average molecular weight is 586 g/mol. The molecule has 1 saturated carbocycles. The predicted molar refractivity (Wildman–Crippen MR) is 163 cm³/mol. The van der Waals surface area contributed by atoms with Crippen molar-refractivity contribution in [3.8, 4) is 0 Å². The smallest absolute Gasteiger partial charge is 0.277 e. The molecule has 0 unspecified atom stereocenters. The van der Waals surface area contributed by atoms with Gasteiger partial charge in [-0.25, -0.2) is 15.0 Å². The molecule has 1 N–H and O–H groups in total. The van der Waals surface area contributed by atoms with E-state index in [1.807, 2.05) is 36.9 Å². The first-order valence-corrected chi connectivity index (χ1v) is 15.4. The van der Waals surface area contributed by atoms with Gasteiger partial charge in [-0.3, -0.25) is 14.4 Å². The van der Waals surface area contributed by atoms with E-state index in [4.69, 9.17) is 4.42 Å². The first-order valence-electron chi connectivity index (χ1n) is 15.4. The number of nitrogens with one attached hydrogen (secondary N) is 1. The molecular weight excluding hydrogens is 546 g/mol. The first-order chi connectivity index (χ1) is 20.8. The van der Waals surface area contributed by atoms with Crippen LogP contribution >= 0.6 is 0 Å². The fraction of sp³-hybridized carbons (Fsp3) is 0.500. The third-order valence-electron chi connectivity index (χ3n) is 8.40. The summed E-state index contributed by atoms with van der Waals surface area (Å²) in [6, 6.07) is 7.57. The lowest BCUT2D eigenvalue weighted by atomic mass is 10.0. The number of nitrogens with zero attached hydrogens (tertiary/aromatic N) is 6. The summed E-state index contributed by atoms with van der Waals surface area (Å²) < 4.78 is 5.55. The largest absolute Gasteiger partial charge is 0.448 e. The fourth-order valence-corrected chi connectivity index (χ4v) is 5.89. The number of unbranched alkanes of at least 4 members (excludes halogenated alkanes) is 1. The van der Waals surface area contributed by atoms with Gasteiger partial charge in [0.1, 0.15) is 17.9 Å². The molecule has 1 aliphatic carbocycles. The Morgan fingerprint density at radius 3 is 2.49 bits per heavy atom. The maximum atomic E-state index is 13.3. The Kier molecular flexibility index (Phi) is 8.40. The number of aromatic nitrogens is 3. The molecule has 6 rings (SSSR count). The molecule has 226 valence electrons. The van der Waals surface area contributed by atoms with Crippen LogP contribution in [0, 0.1) is 13.8 Å². The van der Waals surface area contributed by atoms with E-state index in [9.17, 15) is 14.4 Å². The summed E-state index contributed by atoms with van der Waals surface area (Å²) in [6.45, 7) is 8.37. The quantitative estimate of drug-likeness (QED) is 0.256. The van der Waals surface area contributed by atoms with Crippen LogP contribution in [0.25, 0.3) is 0 Å². The minimum Gasteiger partial charge on any atom is -0.448 e. The topological polar surface area (TPSA) is 125 Å². The van der Waals surface area contributed by atoms with Crippen molar-refractivity contribution in [2.45, 2.75) is 64.7 Å². The molecule has 2 aromatic heterocycles. The zero-order valence-electron chi connectivity index (χ0n) is 25.0. The Morgan fingerprint density at radius 1 is 0.977 bits per heavy atom. The number of ketones is 1. The standard InChI is InChI=1S/C32H39N7O4/c1-21-18-29(34-22(2)33-21)38-16-14-37(15-17-38)27-11-10-24(28(40)6-3-4-12-39-13-5-7-30(39)41)19-25(27)35-31(42)26-20-43-32(36-26)23-8-9-23/h10-11,18-20,23H,3-9,12-17H2,1-2H3,(H,35,42). The van der Waals surface area contributed by atoms with Crippen LogP contribution in [-0.4, -0.2) is 76.7 Å². The molecule has 0 bridgehead atoms. The third-order valence-corrected chi connectivity index (χ3v) is 8.40. The van der Waals surface area contributed by atoms with E-state index in [2.05, 4.69) is 30.1 Å². The minimum absolute atomic E-state index is 0.0200. The lowest BCUT2D eigenvalue weighted by Gasteiger charge is -2.37. The number of carbonyl (C=O) groups excluding carboxylic acids is 3. The summed E-state index contributed by atoms with van der Waals surface area (Å²) in [5, 5.41) is 3.03. The van der Waals surface area contributed by atoms with Gasteiger partial charge in [-0.05, 0) is 64.2 Å². The Balaban J connectivity index is 1.15. The highest BCUT2D eigenvalue weighted by molar-refractivity contribution is 6.06. The van der Waals surface area contributed by atoms with E-state index in [0.717, 1.165) is 81.4 Å². The number of hydrogen-bond donors (Lipinski definition) is 1. The number of carbonyl (C=O) groups is 3. The van der Waals surface area contributed by atoms with Gasteiger partial charge < -0.3 is 24.4 Å². The van der Waals surface area contributed by atoms with Crippen LogP contribution in [0.5, 0.6) is 0 Å². The molecule has 0 spiro atoms. The lowest BCUT2D eigenvalue weighted by Crippen LogP contribution is -2.47. The molecular formula is C32H39N7O4. The van der Waals surface area contributed by atoms with E-state index in [1.54, 1.807) is 6.07 Å². The van der Waals surface area contributed by atoms with Crippen LogP contribution < -0.4 is 15.1 Å². The average Bonchev–Trinajstić information content (AvgIpc) is 3.58. The number of rotatable bonds is 11. The normalized spacial score (nSPS) is 17.1. The summed E-state index contributed by atoms with van der Waals surface area (Å²) in [5.41, 5.74) is 3.17. The summed E-state index contributed by atoms with van der Waals surface area (Å²) in [7, 11) is 0. The number of amides is 2. The number of benzene rings is 1. The number of hydrogen-bond acceptors (Lipinski definition) is 9. The predicted octanol–water partition coefficient (Wildman–Crippen LogP) is 4.51. The highest BCUT2D eigenvalue weighted by Crippen LogP contribution is 2.39. The Morgan fingerprint density at radius 2 is 1.77 bits per heavy atom. The number of oxazole rings is 1. The van der Waals surface area contributed by atoms with Gasteiger partial charge in [-0.2, -0.15) is 0 Å². The molecule has 2 saturated heterocycles.